The average molecular weight is 436 g/mol. The van der Waals surface area contributed by atoms with Gasteiger partial charge in [-0.2, -0.15) is 4.98 Å². The molecular weight excluding hydrogens is 406 g/mol. The fourth-order valence-corrected chi connectivity index (χ4v) is 3.63. The minimum Gasteiger partial charge on any atom is -0.486 e. The van der Waals surface area contributed by atoms with E-state index in [-0.39, 0.29) is 17.9 Å². The topological polar surface area (TPSA) is 84.6 Å². The van der Waals surface area contributed by atoms with Gasteiger partial charge in [0, 0.05) is 44.2 Å². The van der Waals surface area contributed by atoms with E-state index in [1.807, 2.05) is 51.1 Å². The number of likely N-dealkylation sites (tertiary alicyclic amines) is 1. The molecule has 0 spiro atoms. The summed E-state index contributed by atoms with van der Waals surface area (Å²) in [6.45, 7) is 8.34. The summed E-state index contributed by atoms with van der Waals surface area (Å²) < 4.78 is 11.3. The van der Waals surface area contributed by atoms with Crippen molar-refractivity contribution >= 4 is 5.91 Å². The number of benzene rings is 1. The molecule has 32 heavy (non-hydrogen) atoms. The highest BCUT2D eigenvalue weighted by molar-refractivity contribution is 5.94. The molecule has 4 rings (SSSR count). The van der Waals surface area contributed by atoms with Crippen molar-refractivity contribution in [2.75, 3.05) is 27.2 Å². The van der Waals surface area contributed by atoms with Crippen molar-refractivity contribution in [3.63, 3.8) is 0 Å². The predicted molar refractivity (Wildman–Crippen MR) is 121 cm³/mol. The van der Waals surface area contributed by atoms with Crippen molar-refractivity contribution in [2.45, 2.75) is 39.3 Å². The van der Waals surface area contributed by atoms with Gasteiger partial charge >= 0.3 is 0 Å². The highest BCUT2D eigenvalue weighted by atomic mass is 16.5. The molecule has 8 nitrogen and oxygen atoms in total. The van der Waals surface area contributed by atoms with Gasteiger partial charge in [0.05, 0.1) is 18.4 Å². The van der Waals surface area contributed by atoms with E-state index < -0.39 is 0 Å². The summed E-state index contributed by atoms with van der Waals surface area (Å²) in [5, 5.41) is 4.00. The second-order valence-electron chi connectivity index (χ2n) is 8.74. The van der Waals surface area contributed by atoms with Crippen LogP contribution in [0.2, 0.25) is 0 Å². The van der Waals surface area contributed by atoms with Crippen LogP contribution >= 0.6 is 0 Å². The minimum atomic E-state index is -0.00893. The van der Waals surface area contributed by atoms with Crippen LogP contribution in [0.15, 0.2) is 41.1 Å². The maximum Gasteiger partial charge on any atom is 0.253 e. The van der Waals surface area contributed by atoms with Gasteiger partial charge in [-0.25, -0.2) is 0 Å². The van der Waals surface area contributed by atoms with Gasteiger partial charge in [-0.05, 0) is 36.8 Å². The first-order chi connectivity index (χ1) is 15.3. The first-order valence-electron chi connectivity index (χ1n) is 10.8. The maximum atomic E-state index is 12.2. The Kier molecular flexibility index (Phi) is 6.23. The summed E-state index contributed by atoms with van der Waals surface area (Å²) in [6.07, 6.45) is 1.87. The van der Waals surface area contributed by atoms with Gasteiger partial charge in [0.15, 0.2) is 5.82 Å². The monoisotopic (exact) mass is 435 g/mol. The molecule has 0 atom stereocenters. The molecule has 0 radical (unpaired) electrons. The summed E-state index contributed by atoms with van der Waals surface area (Å²) in [7, 11) is 3.50. The SMILES string of the molecule is Cc1cc(C(=O)N(C)C)ccc1-c1ccc(OC2CN(Cc3nc(C(C)C)no3)C2)cn1. The van der Waals surface area contributed by atoms with Gasteiger partial charge in [-0.1, -0.05) is 25.1 Å². The van der Waals surface area contributed by atoms with Crippen LogP contribution in [0.5, 0.6) is 5.75 Å². The Morgan fingerprint density at radius 2 is 2.03 bits per heavy atom. The fraction of sp³-hybridized carbons (Fsp3) is 0.417. The zero-order valence-corrected chi connectivity index (χ0v) is 19.2. The molecule has 1 amide bonds. The van der Waals surface area contributed by atoms with E-state index in [9.17, 15) is 4.79 Å². The van der Waals surface area contributed by atoms with Gasteiger partial charge in [0.25, 0.3) is 5.91 Å². The third-order valence-corrected chi connectivity index (χ3v) is 5.48. The highest BCUT2D eigenvalue weighted by Crippen LogP contribution is 2.26. The van der Waals surface area contributed by atoms with Crippen LogP contribution < -0.4 is 4.74 Å². The Labute approximate surface area is 188 Å². The first-order valence-corrected chi connectivity index (χ1v) is 10.8. The molecular formula is C24H29N5O3. The molecule has 1 fully saturated rings. The van der Waals surface area contributed by atoms with E-state index in [0.29, 0.717) is 18.0 Å². The number of aromatic nitrogens is 3. The fourth-order valence-electron chi connectivity index (χ4n) is 3.63. The summed E-state index contributed by atoms with van der Waals surface area (Å²) >= 11 is 0. The van der Waals surface area contributed by atoms with Gasteiger partial charge < -0.3 is 14.2 Å². The van der Waals surface area contributed by atoms with Crippen LogP contribution in [-0.4, -0.2) is 64.1 Å². The van der Waals surface area contributed by atoms with E-state index in [2.05, 4.69) is 20.0 Å². The van der Waals surface area contributed by atoms with Crippen LogP contribution in [0, 0.1) is 6.92 Å². The van der Waals surface area contributed by atoms with E-state index in [1.54, 1.807) is 25.2 Å². The standard InChI is InChI=1S/C24H29N5O3/c1-15(2)23-26-22(32-27-23)14-29-12-19(13-29)31-18-7-9-21(25-11-18)20-8-6-17(10-16(20)3)24(30)28(4)5/h6-11,15,19H,12-14H2,1-5H3. The van der Waals surface area contributed by atoms with Crippen molar-refractivity contribution < 1.29 is 14.1 Å². The van der Waals surface area contributed by atoms with E-state index in [4.69, 9.17) is 9.26 Å². The van der Waals surface area contributed by atoms with E-state index >= 15 is 0 Å². The molecule has 0 bridgehead atoms. The molecule has 1 aliphatic heterocycles. The number of ether oxygens (including phenoxy) is 1. The number of amides is 1. The van der Waals surface area contributed by atoms with Crippen LogP contribution in [0.3, 0.4) is 0 Å². The molecule has 3 heterocycles. The summed E-state index contributed by atoms with van der Waals surface area (Å²) in [6, 6.07) is 9.58. The zero-order valence-electron chi connectivity index (χ0n) is 19.2. The van der Waals surface area contributed by atoms with E-state index in [0.717, 1.165) is 41.5 Å². The number of hydrogen-bond acceptors (Lipinski definition) is 7. The van der Waals surface area contributed by atoms with Crippen LogP contribution in [0.25, 0.3) is 11.3 Å². The molecule has 0 aliphatic carbocycles. The Hall–Kier alpha value is -3.26. The second-order valence-corrected chi connectivity index (χ2v) is 8.74. The predicted octanol–water partition coefficient (Wildman–Crippen LogP) is 3.53. The van der Waals surface area contributed by atoms with Gasteiger partial charge in [-0.15, -0.1) is 0 Å². The second kappa shape index (κ2) is 9.08. The lowest BCUT2D eigenvalue weighted by Gasteiger charge is -2.37. The van der Waals surface area contributed by atoms with Crippen LogP contribution in [-0.2, 0) is 6.54 Å². The number of aryl methyl sites for hydroxylation is 1. The van der Waals surface area contributed by atoms with Crippen molar-refractivity contribution in [3.05, 3.63) is 59.4 Å². The van der Waals surface area contributed by atoms with E-state index in [1.165, 1.54) is 0 Å². The van der Waals surface area contributed by atoms with Crippen molar-refractivity contribution in [1.29, 1.82) is 0 Å². The normalized spacial score (nSPS) is 14.4. The Morgan fingerprint density at radius 1 is 1.25 bits per heavy atom. The van der Waals surface area contributed by atoms with Gasteiger partial charge in [0.1, 0.15) is 11.9 Å². The molecule has 1 aliphatic rings. The molecule has 168 valence electrons. The summed E-state index contributed by atoms with van der Waals surface area (Å²) in [5.74, 6) is 2.39. The first kappa shape index (κ1) is 22.0. The Balaban J connectivity index is 1.31. The smallest absolute Gasteiger partial charge is 0.253 e. The minimum absolute atomic E-state index is 0.00893. The quantitative estimate of drug-likeness (QED) is 0.561. The van der Waals surface area contributed by atoms with Crippen LogP contribution in [0.4, 0.5) is 0 Å². The number of pyridine rings is 1. The molecule has 1 aromatic carbocycles. The third-order valence-electron chi connectivity index (χ3n) is 5.48. The largest absolute Gasteiger partial charge is 0.486 e. The lowest BCUT2D eigenvalue weighted by atomic mass is 10.0. The Bertz CT molecular complexity index is 1090. The lowest BCUT2D eigenvalue weighted by molar-refractivity contribution is 0.00844. The summed E-state index contributed by atoms with van der Waals surface area (Å²) in [4.78, 5) is 24.9. The average Bonchev–Trinajstić information content (AvgIpc) is 3.21. The Morgan fingerprint density at radius 3 is 2.62 bits per heavy atom. The molecule has 2 aromatic heterocycles. The molecule has 8 heteroatoms. The maximum absolute atomic E-state index is 12.2. The summed E-state index contributed by atoms with van der Waals surface area (Å²) in [5.41, 5.74) is 3.54. The van der Waals surface area contributed by atoms with Gasteiger partial charge in [-0.3, -0.25) is 14.7 Å². The number of carbonyl (C=O) groups is 1. The molecule has 0 unspecified atom stereocenters. The number of nitrogens with zero attached hydrogens (tertiary/aromatic N) is 5. The van der Waals surface area contributed by atoms with Crippen molar-refractivity contribution in [2.24, 2.45) is 0 Å². The molecule has 1 saturated heterocycles. The highest BCUT2D eigenvalue weighted by Gasteiger charge is 2.30. The van der Waals surface area contributed by atoms with Crippen LogP contribution in [0.1, 0.15) is 47.4 Å². The lowest BCUT2D eigenvalue weighted by Crippen LogP contribution is -2.53. The zero-order chi connectivity index (χ0) is 22.8. The molecule has 3 aromatic rings. The number of carbonyl (C=O) groups excluding carboxylic acids is 1. The van der Waals surface area contributed by atoms with Crippen molar-refractivity contribution in [3.8, 4) is 17.0 Å². The van der Waals surface area contributed by atoms with Crippen molar-refractivity contribution in [1.82, 2.24) is 24.9 Å². The third kappa shape index (κ3) is 4.80. The van der Waals surface area contributed by atoms with Gasteiger partial charge in [0.2, 0.25) is 5.89 Å². The number of hydrogen-bond donors (Lipinski definition) is 0. The molecule has 0 N–H and O–H groups in total. The molecule has 0 saturated carbocycles. The number of rotatable bonds is 7.